The minimum Gasteiger partial charge on any atom is -0.356 e. The van der Waals surface area contributed by atoms with E-state index in [1.165, 1.54) is 11.9 Å². The van der Waals surface area contributed by atoms with Gasteiger partial charge in [0.2, 0.25) is 5.91 Å². The molecular formula is C24H30N8O. The number of hydrogen-bond acceptors (Lipinski definition) is 7. The van der Waals surface area contributed by atoms with E-state index in [-0.39, 0.29) is 5.92 Å². The molecule has 172 valence electrons. The van der Waals surface area contributed by atoms with Crippen LogP contribution in [-0.2, 0) is 11.2 Å². The van der Waals surface area contributed by atoms with E-state index in [9.17, 15) is 4.79 Å². The van der Waals surface area contributed by atoms with Crippen LogP contribution in [0.1, 0.15) is 18.4 Å². The van der Waals surface area contributed by atoms with E-state index in [0.717, 1.165) is 70.9 Å². The average molecular weight is 447 g/mol. The Kier molecular flexibility index (Phi) is 6.57. The molecule has 2 aromatic heterocycles. The standard InChI is InChI=1S/C24H30N8O/c33-24(31-14-12-29(13-15-31)9-6-20-4-2-1-3-5-20)21-7-10-30(11-8-21)22-16-23(27-18-26-22)32-19-25-17-28-32/h1-5,16-19,21H,6-15H2. The van der Waals surface area contributed by atoms with Crippen LogP contribution in [0.4, 0.5) is 5.82 Å². The van der Waals surface area contributed by atoms with Gasteiger partial charge in [0.15, 0.2) is 5.82 Å². The zero-order valence-corrected chi connectivity index (χ0v) is 18.8. The van der Waals surface area contributed by atoms with Crippen LogP contribution in [0.25, 0.3) is 5.82 Å². The first-order valence-corrected chi connectivity index (χ1v) is 11.7. The van der Waals surface area contributed by atoms with E-state index >= 15 is 0 Å². The number of carbonyl (C=O) groups is 1. The van der Waals surface area contributed by atoms with Crippen LogP contribution < -0.4 is 4.90 Å². The summed E-state index contributed by atoms with van der Waals surface area (Å²) >= 11 is 0. The number of carbonyl (C=O) groups excluding carboxylic acids is 1. The smallest absolute Gasteiger partial charge is 0.225 e. The van der Waals surface area contributed by atoms with Gasteiger partial charge in [-0.3, -0.25) is 9.69 Å². The van der Waals surface area contributed by atoms with Crippen molar-refractivity contribution in [3.05, 3.63) is 60.9 Å². The molecule has 2 fully saturated rings. The molecule has 2 aliphatic heterocycles. The first kappa shape index (κ1) is 21.5. The molecule has 33 heavy (non-hydrogen) atoms. The lowest BCUT2D eigenvalue weighted by Gasteiger charge is -2.38. The Hall–Kier alpha value is -3.33. The first-order valence-electron chi connectivity index (χ1n) is 11.7. The Morgan fingerprint density at radius 3 is 2.39 bits per heavy atom. The normalized spacial score (nSPS) is 17.9. The van der Waals surface area contributed by atoms with Gasteiger partial charge in [-0.2, -0.15) is 5.10 Å². The summed E-state index contributed by atoms with van der Waals surface area (Å²) < 4.78 is 1.63. The van der Waals surface area contributed by atoms with E-state index in [0.29, 0.717) is 11.7 Å². The van der Waals surface area contributed by atoms with Gasteiger partial charge >= 0.3 is 0 Å². The number of piperidine rings is 1. The molecule has 0 bridgehead atoms. The summed E-state index contributed by atoms with van der Waals surface area (Å²) in [4.78, 5) is 32.6. The van der Waals surface area contributed by atoms with E-state index in [4.69, 9.17) is 0 Å². The van der Waals surface area contributed by atoms with E-state index in [2.05, 4.69) is 65.1 Å². The number of rotatable bonds is 6. The molecule has 0 unspecified atom stereocenters. The van der Waals surface area contributed by atoms with E-state index < -0.39 is 0 Å². The fraction of sp³-hybridized carbons (Fsp3) is 0.458. The number of benzene rings is 1. The quantitative estimate of drug-likeness (QED) is 0.569. The van der Waals surface area contributed by atoms with Crippen molar-refractivity contribution in [2.24, 2.45) is 5.92 Å². The van der Waals surface area contributed by atoms with Crippen molar-refractivity contribution in [1.82, 2.24) is 34.5 Å². The van der Waals surface area contributed by atoms with Gasteiger partial charge in [0.05, 0.1) is 0 Å². The summed E-state index contributed by atoms with van der Waals surface area (Å²) in [5.41, 5.74) is 1.37. The molecule has 3 aromatic rings. The Bertz CT molecular complexity index is 1030. The summed E-state index contributed by atoms with van der Waals surface area (Å²) in [5, 5.41) is 4.14. The maximum atomic E-state index is 13.1. The lowest BCUT2D eigenvalue weighted by atomic mass is 9.95. The molecule has 0 atom stereocenters. The minimum absolute atomic E-state index is 0.105. The molecule has 0 saturated carbocycles. The van der Waals surface area contributed by atoms with Crippen molar-refractivity contribution in [3.8, 4) is 5.82 Å². The third-order valence-corrected chi connectivity index (χ3v) is 6.70. The van der Waals surface area contributed by atoms with Crippen LogP contribution in [0.15, 0.2) is 55.4 Å². The summed E-state index contributed by atoms with van der Waals surface area (Å²) in [5.74, 6) is 1.99. The van der Waals surface area contributed by atoms with Crippen molar-refractivity contribution in [2.45, 2.75) is 19.3 Å². The Morgan fingerprint density at radius 1 is 0.909 bits per heavy atom. The number of amides is 1. The Morgan fingerprint density at radius 2 is 1.67 bits per heavy atom. The van der Waals surface area contributed by atoms with Gasteiger partial charge in [-0.25, -0.2) is 19.6 Å². The number of hydrogen-bond donors (Lipinski definition) is 0. The molecule has 9 heteroatoms. The zero-order valence-electron chi connectivity index (χ0n) is 18.8. The predicted octanol–water partition coefficient (Wildman–Crippen LogP) is 1.66. The lowest BCUT2D eigenvalue weighted by molar-refractivity contribution is -0.138. The summed E-state index contributed by atoms with van der Waals surface area (Å²) in [6.45, 7) is 6.29. The second kappa shape index (κ2) is 10.1. The minimum atomic E-state index is 0.105. The van der Waals surface area contributed by atoms with Crippen LogP contribution in [0.3, 0.4) is 0 Å². The van der Waals surface area contributed by atoms with Gasteiger partial charge < -0.3 is 9.80 Å². The van der Waals surface area contributed by atoms with Crippen LogP contribution >= 0.6 is 0 Å². The molecule has 1 aromatic carbocycles. The van der Waals surface area contributed by atoms with E-state index in [1.807, 2.05) is 6.07 Å². The van der Waals surface area contributed by atoms with Crippen molar-refractivity contribution in [1.29, 1.82) is 0 Å². The molecule has 0 spiro atoms. The highest BCUT2D eigenvalue weighted by molar-refractivity contribution is 5.79. The monoisotopic (exact) mass is 446 g/mol. The number of piperazine rings is 1. The van der Waals surface area contributed by atoms with Crippen molar-refractivity contribution in [2.75, 3.05) is 50.7 Å². The largest absolute Gasteiger partial charge is 0.356 e. The summed E-state index contributed by atoms with van der Waals surface area (Å²) in [6, 6.07) is 12.5. The Labute approximate surface area is 194 Å². The van der Waals surface area contributed by atoms with Crippen LogP contribution in [0, 0.1) is 5.92 Å². The second-order valence-corrected chi connectivity index (χ2v) is 8.74. The molecule has 4 heterocycles. The van der Waals surface area contributed by atoms with Crippen LogP contribution in [-0.4, -0.2) is 86.3 Å². The van der Waals surface area contributed by atoms with Crippen LogP contribution in [0.5, 0.6) is 0 Å². The Balaban J connectivity index is 1.09. The number of anilines is 1. The van der Waals surface area contributed by atoms with Gasteiger partial charge in [-0.15, -0.1) is 0 Å². The van der Waals surface area contributed by atoms with E-state index in [1.54, 1.807) is 17.3 Å². The topological polar surface area (TPSA) is 83.3 Å². The third-order valence-electron chi connectivity index (χ3n) is 6.70. The molecule has 0 N–H and O–H groups in total. The number of nitrogens with zero attached hydrogens (tertiary/aromatic N) is 8. The molecule has 5 rings (SSSR count). The fourth-order valence-electron chi connectivity index (χ4n) is 4.70. The second-order valence-electron chi connectivity index (χ2n) is 8.74. The number of aromatic nitrogens is 5. The molecule has 0 aliphatic carbocycles. The van der Waals surface area contributed by atoms with Crippen molar-refractivity contribution in [3.63, 3.8) is 0 Å². The summed E-state index contributed by atoms with van der Waals surface area (Å²) in [6.07, 6.45) is 7.45. The molecular weight excluding hydrogens is 416 g/mol. The fourth-order valence-corrected chi connectivity index (χ4v) is 4.70. The first-order chi connectivity index (χ1) is 16.3. The molecule has 9 nitrogen and oxygen atoms in total. The highest BCUT2D eigenvalue weighted by Gasteiger charge is 2.30. The van der Waals surface area contributed by atoms with Crippen LogP contribution in [0.2, 0.25) is 0 Å². The zero-order chi connectivity index (χ0) is 22.5. The van der Waals surface area contributed by atoms with Gasteiger partial charge in [0, 0.05) is 57.8 Å². The molecule has 0 radical (unpaired) electrons. The van der Waals surface area contributed by atoms with Gasteiger partial charge in [-0.1, -0.05) is 30.3 Å². The molecule has 2 saturated heterocycles. The molecule has 1 amide bonds. The highest BCUT2D eigenvalue weighted by atomic mass is 16.2. The SMILES string of the molecule is O=C(C1CCN(c2cc(-n3cncn3)ncn2)CC1)N1CCN(CCc2ccccc2)CC1. The highest BCUT2D eigenvalue weighted by Crippen LogP contribution is 2.24. The molecule has 2 aliphatic rings. The maximum Gasteiger partial charge on any atom is 0.225 e. The van der Waals surface area contributed by atoms with Crippen molar-refractivity contribution >= 4 is 11.7 Å². The maximum absolute atomic E-state index is 13.1. The van der Waals surface area contributed by atoms with Gasteiger partial charge in [0.25, 0.3) is 0 Å². The van der Waals surface area contributed by atoms with Crippen molar-refractivity contribution < 1.29 is 4.79 Å². The van der Waals surface area contributed by atoms with Gasteiger partial charge in [-0.05, 0) is 24.8 Å². The lowest BCUT2D eigenvalue weighted by Crippen LogP contribution is -2.52. The average Bonchev–Trinajstić information content (AvgIpc) is 3.44. The summed E-state index contributed by atoms with van der Waals surface area (Å²) in [7, 11) is 0. The predicted molar refractivity (Wildman–Crippen MR) is 125 cm³/mol. The van der Waals surface area contributed by atoms with Gasteiger partial charge in [0.1, 0.15) is 24.8 Å². The third kappa shape index (κ3) is 5.19.